The Morgan fingerprint density at radius 1 is 1.10 bits per heavy atom. The van der Waals surface area contributed by atoms with Gasteiger partial charge in [-0.05, 0) is 36.6 Å². The quantitative estimate of drug-likeness (QED) is 0.820. The van der Waals surface area contributed by atoms with Crippen molar-refractivity contribution >= 4 is 17.6 Å². The van der Waals surface area contributed by atoms with E-state index in [1.54, 1.807) is 36.2 Å². The van der Waals surface area contributed by atoms with Crippen LogP contribution in [0.3, 0.4) is 0 Å². The van der Waals surface area contributed by atoms with Gasteiger partial charge in [-0.1, -0.05) is 31.2 Å². The molecule has 0 aliphatic carbocycles. The summed E-state index contributed by atoms with van der Waals surface area (Å²) in [4.78, 5) is 27.8. The summed E-state index contributed by atoms with van der Waals surface area (Å²) in [7, 11) is 1.74. The number of nitrogens with zero attached hydrogens (tertiary/aromatic N) is 2. The number of halogens is 2. The number of nitrogens with one attached hydrogen (secondary N) is 1. The molecule has 0 spiro atoms. The minimum atomic E-state index is -0.895. The zero-order chi connectivity index (χ0) is 21.0. The van der Waals surface area contributed by atoms with Gasteiger partial charge < -0.3 is 15.1 Å². The lowest BCUT2D eigenvalue weighted by Gasteiger charge is -2.36. The van der Waals surface area contributed by atoms with E-state index in [2.05, 4.69) is 5.32 Å². The summed E-state index contributed by atoms with van der Waals surface area (Å²) >= 11 is 0. The average molecular weight is 401 g/mol. The van der Waals surface area contributed by atoms with Gasteiger partial charge in [0.15, 0.2) is 11.6 Å². The molecule has 5 nitrogen and oxygen atoms in total. The van der Waals surface area contributed by atoms with Crippen LogP contribution in [-0.4, -0.2) is 47.9 Å². The summed E-state index contributed by atoms with van der Waals surface area (Å²) in [5.41, 5.74) is 1.27. The number of urea groups is 1. The van der Waals surface area contributed by atoms with Gasteiger partial charge in [-0.15, -0.1) is 0 Å². The van der Waals surface area contributed by atoms with E-state index >= 15 is 0 Å². The Bertz CT molecular complexity index is 878. The Hall–Kier alpha value is -2.96. The minimum Gasteiger partial charge on any atom is -0.343 e. The highest BCUT2D eigenvalue weighted by Gasteiger charge is 2.27. The monoisotopic (exact) mass is 401 g/mol. The van der Waals surface area contributed by atoms with Crippen LogP contribution in [0.15, 0.2) is 42.5 Å². The molecule has 0 aromatic heterocycles. The lowest BCUT2D eigenvalue weighted by molar-refractivity contribution is -0.132. The molecule has 29 heavy (non-hydrogen) atoms. The third-order valence-corrected chi connectivity index (χ3v) is 5.39. The van der Waals surface area contributed by atoms with Crippen LogP contribution < -0.4 is 5.32 Å². The van der Waals surface area contributed by atoms with Crippen molar-refractivity contribution < 1.29 is 18.4 Å². The van der Waals surface area contributed by atoms with E-state index in [9.17, 15) is 18.4 Å². The Balaban J connectivity index is 1.59. The van der Waals surface area contributed by atoms with Gasteiger partial charge in [0.25, 0.3) is 0 Å². The van der Waals surface area contributed by atoms with E-state index in [0.717, 1.165) is 18.9 Å². The molecule has 1 heterocycles. The molecule has 0 bridgehead atoms. The topological polar surface area (TPSA) is 52.7 Å². The van der Waals surface area contributed by atoms with Crippen LogP contribution in [0.2, 0.25) is 0 Å². The predicted octanol–water partition coefficient (Wildman–Crippen LogP) is 4.50. The van der Waals surface area contributed by atoms with Crippen LogP contribution in [0, 0.1) is 11.6 Å². The zero-order valence-corrected chi connectivity index (χ0v) is 16.6. The zero-order valence-electron chi connectivity index (χ0n) is 16.6. The van der Waals surface area contributed by atoms with Gasteiger partial charge in [0, 0.05) is 43.9 Å². The Labute approximate surface area is 169 Å². The molecule has 3 rings (SSSR count). The molecule has 3 amide bonds. The third kappa shape index (κ3) is 4.72. The van der Waals surface area contributed by atoms with E-state index < -0.39 is 11.6 Å². The molecule has 7 heteroatoms. The second-order valence-corrected chi connectivity index (χ2v) is 7.19. The number of benzene rings is 2. The maximum Gasteiger partial charge on any atom is 0.321 e. The molecule has 1 saturated heterocycles. The van der Waals surface area contributed by atoms with Crippen molar-refractivity contribution in [2.24, 2.45) is 0 Å². The van der Waals surface area contributed by atoms with Crippen molar-refractivity contribution in [3.8, 4) is 11.1 Å². The fourth-order valence-electron chi connectivity index (χ4n) is 3.56. The van der Waals surface area contributed by atoms with Gasteiger partial charge >= 0.3 is 6.03 Å². The van der Waals surface area contributed by atoms with Gasteiger partial charge in [-0.2, -0.15) is 0 Å². The van der Waals surface area contributed by atoms with Crippen molar-refractivity contribution in [3.63, 3.8) is 0 Å². The van der Waals surface area contributed by atoms with Crippen LogP contribution in [-0.2, 0) is 4.79 Å². The Morgan fingerprint density at radius 2 is 1.76 bits per heavy atom. The van der Waals surface area contributed by atoms with Crippen LogP contribution >= 0.6 is 0 Å². The molecule has 1 aliphatic rings. The second-order valence-electron chi connectivity index (χ2n) is 7.19. The largest absolute Gasteiger partial charge is 0.343 e. The summed E-state index contributed by atoms with van der Waals surface area (Å²) < 4.78 is 27.3. The van der Waals surface area contributed by atoms with E-state index in [1.165, 1.54) is 12.1 Å². The SMILES string of the molecule is CCC(=O)N1CCC(N(C)C(=O)Nc2ccc(-c3cccc(F)c3F)cc2)CC1. The van der Waals surface area contributed by atoms with Gasteiger partial charge in [-0.3, -0.25) is 4.79 Å². The van der Waals surface area contributed by atoms with Crippen LogP contribution in [0.25, 0.3) is 11.1 Å². The normalized spacial score (nSPS) is 14.6. The van der Waals surface area contributed by atoms with E-state index in [-0.39, 0.29) is 23.5 Å². The van der Waals surface area contributed by atoms with Gasteiger partial charge in [0.05, 0.1) is 0 Å². The lowest BCUT2D eigenvalue weighted by Crippen LogP contribution is -2.48. The standard InChI is InChI=1S/C22H25F2N3O2/c1-3-20(28)27-13-11-17(12-14-27)26(2)22(29)25-16-9-7-15(8-10-16)18-5-4-6-19(23)21(18)24/h4-10,17H,3,11-14H2,1-2H3,(H,25,29). The third-order valence-electron chi connectivity index (χ3n) is 5.39. The fraction of sp³-hybridized carbons (Fsp3) is 0.364. The summed E-state index contributed by atoms with van der Waals surface area (Å²) in [5, 5.41) is 2.83. The van der Waals surface area contributed by atoms with E-state index in [0.29, 0.717) is 30.8 Å². The predicted molar refractivity (Wildman–Crippen MR) is 108 cm³/mol. The first-order chi connectivity index (χ1) is 13.9. The molecular weight excluding hydrogens is 376 g/mol. The lowest BCUT2D eigenvalue weighted by atomic mass is 10.0. The summed E-state index contributed by atoms with van der Waals surface area (Å²) in [6.45, 7) is 3.16. The maximum atomic E-state index is 13.9. The fourth-order valence-corrected chi connectivity index (χ4v) is 3.56. The van der Waals surface area contributed by atoms with Gasteiger partial charge in [-0.25, -0.2) is 13.6 Å². The molecule has 0 atom stereocenters. The molecule has 0 radical (unpaired) electrons. The highest BCUT2D eigenvalue weighted by atomic mass is 19.2. The smallest absolute Gasteiger partial charge is 0.321 e. The van der Waals surface area contributed by atoms with Crippen LogP contribution in [0.4, 0.5) is 19.3 Å². The van der Waals surface area contributed by atoms with E-state index in [4.69, 9.17) is 0 Å². The number of rotatable bonds is 4. The number of carbonyl (C=O) groups excluding carboxylic acids is 2. The molecule has 2 aromatic carbocycles. The first-order valence-corrected chi connectivity index (χ1v) is 9.76. The average Bonchev–Trinajstić information content (AvgIpc) is 2.75. The molecule has 0 saturated carbocycles. The van der Waals surface area contributed by atoms with Gasteiger partial charge in [0.2, 0.25) is 5.91 Å². The number of anilines is 1. The number of likely N-dealkylation sites (tertiary alicyclic amines) is 1. The molecule has 154 valence electrons. The Kier molecular flexibility index (Phi) is 6.46. The van der Waals surface area contributed by atoms with E-state index in [1.807, 2.05) is 11.8 Å². The number of carbonyl (C=O) groups is 2. The number of piperidine rings is 1. The minimum absolute atomic E-state index is 0.0663. The van der Waals surface area contributed by atoms with Crippen molar-refractivity contribution in [1.82, 2.24) is 9.80 Å². The Morgan fingerprint density at radius 3 is 2.38 bits per heavy atom. The molecular formula is C22H25F2N3O2. The summed E-state index contributed by atoms with van der Waals surface area (Å²) in [6.07, 6.45) is 1.98. The number of hydrogen-bond acceptors (Lipinski definition) is 2. The highest BCUT2D eigenvalue weighted by Crippen LogP contribution is 2.26. The summed E-state index contributed by atoms with van der Waals surface area (Å²) in [6, 6.07) is 10.5. The van der Waals surface area contributed by atoms with Gasteiger partial charge in [0.1, 0.15) is 0 Å². The molecule has 0 unspecified atom stereocenters. The number of amides is 3. The first kappa shape index (κ1) is 20.8. The first-order valence-electron chi connectivity index (χ1n) is 9.76. The molecule has 1 aliphatic heterocycles. The molecule has 1 N–H and O–H groups in total. The summed E-state index contributed by atoms with van der Waals surface area (Å²) in [5.74, 6) is -1.64. The van der Waals surface area contributed by atoms with Crippen molar-refractivity contribution in [2.45, 2.75) is 32.2 Å². The van der Waals surface area contributed by atoms with Crippen molar-refractivity contribution in [2.75, 3.05) is 25.5 Å². The molecule has 1 fully saturated rings. The van der Waals surface area contributed by atoms with Crippen molar-refractivity contribution in [3.05, 3.63) is 54.1 Å². The molecule has 2 aromatic rings. The maximum absolute atomic E-state index is 13.9. The highest BCUT2D eigenvalue weighted by molar-refractivity contribution is 5.89. The number of hydrogen-bond donors (Lipinski definition) is 1. The van der Waals surface area contributed by atoms with Crippen LogP contribution in [0.5, 0.6) is 0 Å². The second kappa shape index (κ2) is 9.03. The van der Waals surface area contributed by atoms with Crippen LogP contribution in [0.1, 0.15) is 26.2 Å². The van der Waals surface area contributed by atoms with Crippen molar-refractivity contribution in [1.29, 1.82) is 0 Å².